The van der Waals surface area contributed by atoms with Crippen molar-refractivity contribution in [3.05, 3.63) is 42.0 Å². The van der Waals surface area contributed by atoms with Crippen molar-refractivity contribution in [3.63, 3.8) is 0 Å². The number of ketones is 1. The molecule has 2 saturated heterocycles. The molecule has 2 aliphatic heterocycles. The third-order valence-electron chi connectivity index (χ3n) is 6.27. The Morgan fingerprint density at radius 2 is 1.77 bits per heavy atom. The van der Waals surface area contributed by atoms with Crippen molar-refractivity contribution in [2.45, 2.75) is 52.1 Å². The van der Waals surface area contributed by atoms with Gasteiger partial charge in [0.1, 0.15) is 24.0 Å². The van der Waals surface area contributed by atoms with E-state index in [0.29, 0.717) is 37.1 Å². The topological polar surface area (TPSA) is 58.6 Å². The summed E-state index contributed by atoms with van der Waals surface area (Å²) in [5.74, 6) is 2.18. The maximum atomic E-state index is 15.2. The lowest BCUT2D eigenvalue weighted by molar-refractivity contribution is -0.117. The standard InChI is InChI=1S/C24H31FN4O2/c1-16-8-10-28(13-16)23-22(25)24(27-15-26-23)29-11-9-21(14-29)31-20-6-4-19(5-7-20)17(2)12-18(3)30/h4-7,15-17,21H,8-14H2,1-3H3/t16-,17-,21-/m1/s1. The molecular weight excluding hydrogens is 395 g/mol. The minimum Gasteiger partial charge on any atom is -0.489 e. The molecule has 166 valence electrons. The Hall–Kier alpha value is -2.70. The molecule has 4 rings (SSSR count). The highest BCUT2D eigenvalue weighted by atomic mass is 19.1. The van der Waals surface area contributed by atoms with Crippen LogP contribution in [0.2, 0.25) is 0 Å². The summed E-state index contributed by atoms with van der Waals surface area (Å²) in [6.45, 7) is 8.81. The molecule has 31 heavy (non-hydrogen) atoms. The van der Waals surface area contributed by atoms with E-state index in [2.05, 4.69) is 23.8 Å². The van der Waals surface area contributed by atoms with Crippen molar-refractivity contribution in [2.75, 3.05) is 36.0 Å². The molecule has 2 aliphatic rings. The molecule has 7 heteroatoms. The molecule has 2 aromatic rings. The number of halogens is 1. The average molecular weight is 427 g/mol. The number of anilines is 2. The summed E-state index contributed by atoms with van der Waals surface area (Å²) < 4.78 is 21.3. The van der Waals surface area contributed by atoms with E-state index in [9.17, 15) is 4.79 Å². The molecular formula is C24H31FN4O2. The summed E-state index contributed by atoms with van der Waals surface area (Å²) in [6.07, 6.45) is 3.85. The van der Waals surface area contributed by atoms with Gasteiger partial charge in [-0.15, -0.1) is 0 Å². The molecule has 1 aromatic heterocycles. The zero-order valence-corrected chi connectivity index (χ0v) is 18.6. The van der Waals surface area contributed by atoms with E-state index in [1.165, 1.54) is 6.33 Å². The van der Waals surface area contributed by atoms with E-state index in [1.54, 1.807) is 6.92 Å². The first-order chi connectivity index (χ1) is 14.9. The number of hydrogen-bond donors (Lipinski definition) is 0. The number of aromatic nitrogens is 2. The van der Waals surface area contributed by atoms with Crippen molar-refractivity contribution < 1.29 is 13.9 Å². The quantitative estimate of drug-likeness (QED) is 0.661. The summed E-state index contributed by atoms with van der Waals surface area (Å²) in [5.41, 5.74) is 1.13. The number of benzene rings is 1. The maximum Gasteiger partial charge on any atom is 0.208 e. The minimum absolute atomic E-state index is 0.0230. The zero-order chi connectivity index (χ0) is 22.0. The van der Waals surface area contributed by atoms with Gasteiger partial charge in [0.25, 0.3) is 0 Å². The fourth-order valence-electron chi connectivity index (χ4n) is 4.55. The normalized spacial score (nSPS) is 22.1. The zero-order valence-electron chi connectivity index (χ0n) is 18.6. The minimum atomic E-state index is -0.332. The van der Waals surface area contributed by atoms with E-state index in [1.807, 2.05) is 34.1 Å². The smallest absolute Gasteiger partial charge is 0.208 e. The first-order valence-electron chi connectivity index (χ1n) is 11.2. The number of rotatable bonds is 7. The SMILES string of the molecule is CC(=O)C[C@@H](C)c1ccc(O[C@@H]2CCN(c3ncnc(N4CC[C@@H](C)C4)c3F)C2)cc1. The fraction of sp³-hybridized carbons (Fsp3) is 0.542. The first-order valence-corrected chi connectivity index (χ1v) is 11.2. The van der Waals surface area contributed by atoms with Gasteiger partial charge in [-0.25, -0.2) is 9.97 Å². The number of carbonyl (C=O) groups excluding carboxylic acids is 1. The molecule has 0 radical (unpaired) electrons. The monoisotopic (exact) mass is 426 g/mol. The van der Waals surface area contributed by atoms with Gasteiger partial charge in [0.05, 0.1) is 6.54 Å². The number of ether oxygens (including phenoxy) is 1. The Bertz CT molecular complexity index is 920. The lowest BCUT2D eigenvalue weighted by Gasteiger charge is -2.22. The van der Waals surface area contributed by atoms with E-state index < -0.39 is 0 Å². The van der Waals surface area contributed by atoms with Crippen LogP contribution in [0.3, 0.4) is 0 Å². The second-order valence-corrected chi connectivity index (χ2v) is 9.03. The second-order valence-electron chi connectivity index (χ2n) is 9.03. The third-order valence-corrected chi connectivity index (χ3v) is 6.27. The van der Waals surface area contributed by atoms with Gasteiger partial charge >= 0.3 is 0 Å². The molecule has 0 unspecified atom stereocenters. The average Bonchev–Trinajstić information content (AvgIpc) is 3.37. The predicted octanol–water partition coefficient (Wildman–Crippen LogP) is 4.20. The Balaban J connectivity index is 1.38. The molecule has 0 N–H and O–H groups in total. The van der Waals surface area contributed by atoms with Crippen LogP contribution in [0.4, 0.5) is 16.0 Å². The van der Waals surface area contributed by atoms with E-state index in [0.717, 1.165) is 37.2 Å². The molecule has 6 nitrogen and oxygen atoms in total. The highest BCUT2D eigenvalue weighted by molar-refractivity contribution is 5.76. The van der Waals surface area contributed by atoms with Crippen molar-refractivity contribution >= 4 is 17.4 Å². The lowest BCUT2D eigenvalue weighted by atomic mass is 9.96. The third kappa shape index (κ3) is 4.97. The van der Waals surface area contributed by atoms with E-state index >= 15 is 4.39 Å². The summed E-state index contributed by atoms with van der Waals surface area (Å²) in [6, 6.07) is 7.94. The largest absolute Gasteiger partial charge is 0.489 e. The Morgan fingerprint density at radius 3 is 2.39 bits per heavy atom. The summed E-state index contributed by atoms with van der Waals surface area (Å²) in [5, 5.41) is 0. The van der Waals surface area contributed by atoms with Gasteiger partial charge in [-0.2, -0.15) is 4.39 Å². The number of carbonyl (C=O) groups is 1. The summed E-state index contributed by atoms with van der Waals surface area (Å²) in [7, 11) is 0. The van der Waals surface area contributed by atoms with Crippen molar-refractivity contribution in [3.8, 4) is 5.75 Å². The van der Waals surface area contributed by atoms with Crippen LogP contribution in [0.25, 0.3) is 0 Å². The summed E-state index contributed by atoms with van der Waals surface area (Å²) >= 11 is 0. The molecule has 1 aromatic carbocycles. The van der Waals surface area contributed by atoms with Crippen LogP contribution in [0.1, 0.15) is 51.5 Å². The van der Waals surface area contributed by atoms with Gasteiger partial charge in [-0.05, 0) is 42.9 Å². The Morgan fingerprint density at radius 1 is 1.13 bits per heavy atom. The van der Waals surface area contributed by atoms with Crippen molar-refractivity contribution in [1.82, 2.24) is 9.97 Å². The molecule has 0 amide bonds. The molecule has 3 atom stereocenters. The number of nitrogens with zero attached hydrogens (tertiary/aromatic N) is 4. The van der Waals surface area contributed by atoms with Gasteiger partial charge in [0.15, 0.2) is 11.6 Å². The van der Waals surface area contributed by atoms with Gasteiger partial charge in [-0.1, -0.05) is 26.0 Å². The van der Waals surface area contributed by atoms with Crippen LogP contribution in [0.5, 0.6) is 5.75 Å². The predicted molar refractivity (Wildman–Crippen MR) is 119 cm³/mol. The Kier molecular flexibility index (Phi) is 6.39. The maximum absolute atomic E-state index is 15.2. The number of hydrogen-bond acceptors (Lipinski definition) is 6. The molecule has 2 fully saturated rings. The van der Waals surface area contributed by atoms with Crippen LogP contribution < -0.4 is 14.5 Å². The van der Waals surface area contributed by atoms with Crippen molar-refractivity contribution in [1.29, 1.82) is 0 Å². The van der Waals surface area contributed by atoms with Crippen molar-refractivity contribution in [2.24, 2.45) is 5.92 Å². The van der Waals surface area contributed by atoms with Crippen LogP contribution >= 0.6 is 0 Å². The molecule has 0 spiro atoms. The molecule has 0 aliphatic carbocycles. The van der Waals surface area contributed by atoms with Gasteiger partial charge in [-0.3, -0.25) is 0 Å². The van der Waals surface area contributed by atoms with Crippen LogP contribution in [-0.4, -0.2) is 48.0 Å². The van der Waals surface area contributed by atoms with E-state index in [-0.39, 0.29) is 23.6 Å². The lowest BCUT2D eigenvalue weighted by Crippen LogP contribution is -2.28. The summed E-state index contributed by atoms with van der Waals surface area (Å²) in [4.78, 5) is 23.8. The van der Waals surface area contributed by atoms with Gasteiger partial charge in [0, 0.05) is 32.5 Å². The van der Waals surface area contributed by atoms with Crippen LogP contribution in [0, 0.1) is 11.7 Å². The van der Waals surface area contributed by atoms with E-state index in [4.69, 9.17) is 4.74 Å². The highest BCUT2D eigenvalue weighted by Gasteiger charge is 2.30. The first kappa shape index (κ1) is 21.5. The molecule has 0 saturated carbocycles. The highest BCUT2D eigenvalue weighted by Crippen LogP contribution is 2.31. The molecule has 3 heterocycles. The fourth-order valence-corrected chi connectivity index (χ4v) is 4.55. The Labute approximate surface area is 183 Å². The number of Topliss-reactive ketones (excluding diaryl/α,β-unsaturated/α-hetero) is 1. The van der Waals surface area contributed by atoms with Crippen LogP contribution in [-0.2, 0) is 4.79 Å². The molecule has 0 bridgehead atoms. The van der Waals surface area contributed by atoms with Crippen LogP contribution in [0.15, 0.2) is 30.6 Å². The second kappa shape index (κ2) is 9.20. The van der Waals surface area contributed by atoms with Gasteiger partial charge < -0.3 is 19.3 Å². The van der Waals surface area contributed by atoms with Gasteiger partial charge in [0.2, 0.25) is 5.82 Å².